The zero-order valence-electron chi connectivity index (χ0n) is 9.04. The maximum atomic E-state index is 10.3. The molecule has 1 unspecified atom stereocenters. The molecule has 2 aliphatic rings. The molecule has 0 heterocycles. The minimum Gasteiger partial charge on any atom is -0.391 e. The molecule has 0 bridgehead atoms. The molecule has 2 saturated carbocycles. The van der Waals surface area contributed by atoms with Gasteiger partial charge in [-0.3, -0.25) is 0 Å². The van der Waals surface area contributed by atoms with E-state index in [1.165, 1.54) is 44.9 Å². The maximum Gasteiger partial charge on any atom is 0.0747 e. The van der Waals surface area contributed by atoms with Crippen LogP contribution in [0.2, 0.25) is 0 Å². The zero-order valence-corrected chi connectivity index (χ0v) is 9.04. The average Bonchev–Trinajstić information content (AvgIpc) is 2.70. The molecule has 2 heteroatoms. The van der Waals surface area contributed by atoms with E-state index in [4.69, 9.17) is 5.73 Å². The predicted octanol–water partition coefficient (Wildman–Crippen LogP) is 2.20. The van der Waals surface area contributed by atoms with Crippen molar-refractivity contribution in [1.82, 2.24) is 0 Å². The summed E-state index contributed by atoms with van der Waals surface area (Å²) in [7, 11) is 0. The molecule has 2 nitrogen and oxygen atoms in total. The molecule has 1 atom stereocenters. The van der Waals surface area contributed by atoms with Gasteiger partial charge in [0.1, 0.15) is 0 Å². The van der Waals surface area contributed by atoms with Crippen LogP contribution in [0.25, 0.3) is 0 Å². The number of rotatable bonds is 2. The molecule has 0 spiro atoms. The van der Waals surface area contributed by atoms with Crippen LogP contribution in [0.4, 0.5) is 0 Å². The van der Waals surface area contributed by atoms with Gasteiger partial charge in [-0.05, 0) is 31.6 Å². The van der Waals surface area contributed by atoms with Crippen molar-refractivity contribution in [2.75, 3.05) is 0 Å². The Labute approximate surface area is 86.9 Å². The third-order valence-electron chi connectivity index (χ3n) is 4.22. The topological polar surface area (TPSA) is 46.2 Å². The van der Waals surface area contributed by atoms with Crippen LogP contribution in [0.5, 0.6) is 0 Å². The highest BCUT2D eigenvalue weighted by molar-refractivity contribution is 4.97. The third-order valence-corrected chi connectivity index (χ3v) is 4.22. The van der Waals surface area contributed by atoms with Gasteiger partial charge in [-0.15, -0.1) is 0 Å². The van der Waals surface area contributed by atoms with Crippen LogP contribution in [0.3, 0.4) is 0 Å². The van der Waals surface area contributed by atoms with Crippen molar-refractivity contribution in [3.05, 3.63) is 0 Å². The van der Waals surface area contributed by atoms with E-state index < -0.39 is 0 Å². The van der Waals surface area contributed by atoms with Gasteiger partial charge in [0.25, 0.3) is 0 Å². The first-order valence-electron chi connectivity index (χ1n) is 6.19. The van der Waals surface area contributed by atoms with Gasteiger partial charge in [-0.1, -0.05) is 32.1 Å². The van der Waals surface area contributed by atoms with Gasteiger partial charge in [0, 0.05) is 5.54 Å². The summed E-state index contributed by atoms with van der Waals surface area (Å²) in [6, 6.07) is 0. The molecule has 0 amide bonds. The Morgan fingerprint density at radius 1 is 1.00 bits per heavy atom. The van der Waals surface area contributed by atoms with Gasteiger partial charge in [-0.2, -0.15) is 0 Å². The van der Waals surface area contributed by atoms with Crippen LogP contribution >= 0.6 is 0 Å². The van der Waals surface area contributed by atoms with Gasteiger partial charge in [0.2, 0.25) is 0 Å². The highest BCUT2D eigenvalue weighted by Gasteiger charge is 2.40. The van der Waals surface area contributed by atoms with Gasteiger partial charge < -0.3 is 10.8 Å². The van der Waals surface area contributed by atoms with E-state index in [0.717, 1.165) is 12.8 Å². The van der Waals surface area contributed by atoms with Crippen LogP contribution in [-0.2, 0) is 0 Å². The Kier molecular flexibility index (Phi) is 3.13. The molecule has 0 radical (unpaired) electrons. The van der Waals surface area contributed by atoms with Gasteiger partial charge in [0.15, 0.2) is 0 Å². The molecule has 3 N–H and O–H groups in total. The molecule has 2 fully saturated rings. The van der Waals surface area contributed by atoms with E-state index >= 15 is 0 Å². The molecule has 2 rings (SSSR count). The smallest absolute Gasteiger partial charge is 0.0747 e. The van der Waals surface area contributed by atoms with E-state index in [2.05, 4.69) is 0 Å². The second kappa shape index (κ2) is 4.19. The quantitative estimate of drug-likeness (QED) is 0.713. The van der Waals surface area contributed by atoms with Crippen molar-refractivity contribution >= 4 is 0 Å². The Morgan fingerprint density at radius 2 is 1.57 bits per heavy atom. The largest absolute Gasteiger partial charge is 0.391 e. The van der Waals surface area contributed by atoms with Crippen molar-refractivity contribution < 1.29 is 5.11 Å². The summed E-state index contributed by atoms with van der Waals surface area (Å²) in [4.78, 5) is 0. The molecule has 14 heavy (non-hydrogen) atoms. The monoisotopic (exact) mass is 197 g/mol. The summed E-state index contributed by atoms with van der Waals surface area (Å²) in [5.41, 5.74) is 6.09. The maximum absolute atomic E-state index is 10.3. The molecule has 2 aliphatic carbocycles. The average molecular weight is 197 g/mol. The first kappa shape index (κ1) is 10.4. The van der Waals surface area contributed by atoms with Crippen molar-refractivity contribution in [3.8, 4) is 0 Å². The number of hydrogen-bond donors (Lipinski definition) is 2. The predicted molar refractivity (Wildman–Crippen MR) is 58.0 cm³/mol. The van der Waals surface area contributed by atoms with Crippen LogP contribution in [0.15, 0.2) is 0 Å². The van der Waals surface area contributed by atoms with Gasteiger partial charge in [-0.25, -0.2) is 0 Å². The molecule has 0 aromatic rings. The standard InChI is InChI=1S/C12H23NO/c13-12(8-4-1-5-9-12)11(14)10-6-2-3-7-10/h10-11,14H,1-9,13H2. The second-order valence-corrected chi connectivity index (χ2v) is 5.28. The normalized spacial score (nSPS) is 30.4. The van der Waals surface area contributed by atoms with Crippen LogP contribution in [-0.4, -0.2) is 16.7 Å². The lowest BCUT2D eigenvalue weighted by Gasteiger charge is -2.40. The van der Waals surface area contributed by atoms with Gasteiger partial charge >= 0.3 is 0 Å². The summed E-state index contributed by atoms with van der Waals surface area (Å²) in [6.45, 7) is 0. The lowest BCUT2D eigenvalue weighted by atomic mass is 9.74. The zero-order chi connectivity index (χ0) is 10.0. The minimum absolute atomic E-state index is 0.231. The van der Waals surface area contributed by atoms with E-state index in [1.807, 2.05) is 0 Å². The summed E-state index contributed by atoms with van der Waals surface area (Å²) >= 11 is 0. The van der Waals surface area contributed by atoms with Crippen molar-refractivity contribution in [2.24, 2.45) is 11.7 Å². The highest BCUT2D eigenvalue weighted by Crippen LogP contribution is 2.37. The Bertz CT molecular complexity index is 181. The van der Waals surface area contributed by atoms with Crippen molar-refractivity contribution in [2.45, 2.75) is 69.4 Å². The molecule has 0 saturated heterocycles. The number of nitrogens with two attached hydrogens (primary N) is 1. The lowest BCUT2D eigenvalue weighted by Crippen LogP contribution is -2.54. The number of aliphatic hydroxyl groups is 1. The van der Waals surface area contributed by atoms with E-state index in [-0.39, 0.29) is 11.6 Å². The highest BCUT2D eigenvalue weighted by atomic mass is 16.3. The molecule has 0 aromatic carbocycles. The van der Waals surface area contributed by atoms with Crippen LogP contribution < -0.4 is 5.73 Å². The molecule has 0 aromatic heterocycles. The molecule has 82 valence electrons. The fourth-order valence-corrected chi connectivity index (χ4v) is 3.25. The van der Waals surface area contributed by atoms with Crippen molar-refractivity contribution in [3.63, 3.8) is 0 Å². The third kappa shape index (κ3) is 1.96. The summed E-state index contributed by atoms with van der Waals surface area (Å²) < 4.78 is 0. The Balaban J connectivity index is 1.96. The summed E-state index contributed by atoms with van der Waals surface area (Å²) in [5, 5.41) is 10.3. The number of hydrogen-bond acceptors (Lipinski definition) is 2. The molecular weight excluding hydrogens is 174 g/mol. The first-order valence-corrected chi connectivity index (χ1v) is 6.19. The van der Waals surface area contributed by atoms with E-state index in [1.54, 1.807) is 0 Å². The van der Waals surface area contributed by atoms with Crippen LogP contribution in [0, 0.1) is 5.92 Å². The molecular formula is C12H23NO. The SMILES string of the molecule is NC1(C(O)C2CCCC2)CCCCC1. The Morgan fingerprint density at radius 3 is 2.14 bits per heavy atom. The minimum atomic E-state index is -0.243. The van der Waals surface area contributed by atoms with Crippen molar-refractivity contribution in [1.29, 1.82) is 0 Å². The van der Waals surface area contributed by atoms with Gasteiger partial charge in [0.05, 0.1) is 6.10 Å². The fourth-order valence-electron chi connectivity index (χ4n) is 3.25. The van der Waals surface area contributed by atoms with Crippen LogP contribution in [0.1, 0.15) is 57.8 Å². The van der Waals surface area contributed by atoms with E-state index in [9.17, 15) is 5.11 Å². The molecule has 0 aliphatic heterocycles. The fraction of sp³-hybridized carbons (Fsp3) is 1.00. The summed E-state index contributed by atoms with van der Waals surface area (Å²) in [5.74, 6) is 0.498. The first-order chi connectivity index (χ1) is 6.72. The second-order valence-electron chi connectivity index (χ2n) is 5.28. The summed E-state index contributed by atoms with van der Waals surface area (Å²) in [6.07, 6.45) is 10.5. The van der Waals surface area contributed by atoms with E-state index in [0.29, 0.717) is 5.92 Å². The number of aliphatic hydroxyl groups excluding tert-OH is 1. The Hall–Kier alpha value is -0.0800. The lowest BCUT2D eigenvalue weighted by molar-refractivity contribution is 0.0147.